The van der Waals surface area contributed by atoms with Gasteiger partial charge in [0.1, 0.15) is 23.3 Å². The van der Waals surface area contributed by atoms with E-state index < -0.39 is 21.2 Å². The fraction of sp³-hybridized carbons (Fsp3) is 0.346. The minimum atomic E-state index is -2.96. The number of pyridine rings is 1. The Morgan fingerprint density at radius 1 is 0.973 bits per heavy atom. The average molecular weight is 523 g/mol. The van der Waals surface area contributed by atoms with E-state index in [2.05, 4.69) is 15.0 Å². The van der Waals surface area contributed by atoms with Crippen LogP contribution in [0.25, 0.3) is 16.8 Å². The molecule has 8 nitrogen and oxygen atoms in total. The summed E-state index contributed by atoms with van der Waals surface area (Å²) in [6.45, 7) is 1.58. The lowest BCUT2D eigenvalue weighted by Gasteiger charge is -2.30. The standard InChI is InChI=1S/C26H24F2N6O2S/c27-19-2-3-22(28)21(13-19)26-14-18(26)5-7-33(26)24-6-8-34-25(31-24)20(16-30-34)17-1-4-23(29-15-17)32-9-11-37(35,36)12-10-32/h1-4,6,8,13,15-16,18H,5,7,9-12,14H2/t18-,26+/m0/s1. The van der Waals surface area contributed by atoms with Crippen LogP contribution in [0.5, 0.6) is 0 Å². The minimum Gasteiger partial charge on any atom is -0.355 e. The van der Waals surface area contributed by atoms with Crippen LogP contribution >= 0.6 is 0 Å². The van der Waals surface area contributed by atoms with Crippen LogP contribution in [0.4, 0.5) is 20.4 Å². The van der Waals surface area contributed by atoms with Gasteiger partial charge < -0.3 is 9.80 Å². The zero-order chi connectivity index (χ0) is 25.4. The molecule has 0 amide bonds. The van der Waals surface area contributed by atoms with Gasteiger partial charge in [0.2, 0.25) is 0 Å². The predicted octanol–water partition coefficient (Wildman–Crippen LogP) is 3.43. The number of rotatable bonds is 4. The molecule has 0 bridgehead atoms. The molecule has 1 aliphatic carbocycles. The summed E-state index contributed by atoms with van der Waals surface area (Å²) in [7, 11) is -2.96. The molecule has 37 heavy (non-hydrogen) atoms. The third-order valence-electron chi connectivity index (χ3n) is 8.01. The lowest BCUT2D eigenvalue weighted by atomic mass is 10.0. The molecule has 11 heteroatoms. The Morgan fingerprint density at radius 3 is 2.57 bits per heavy atom. The second kappa shape index (κ2) is 7.95. The van der Waals surface area contributed by atoms with Gasteiger partial charge in [-0.1, -0.05) is 0 Å². The maximum Gasteiger partial charge on any atom is 0.165 e. The largest absolute Gasteiger partial charge is 0.355 e. The number of halogens is 2. The highest BCUT2D eigenvalue weighted by Gasteiger charge is 2.64. The SMILES string of the molecule is O=S1(=O)CCN(c2ccc(-c3cnn4ccc(N5CC[C@H]6C[C@]65c5cc(F)ccc5F)nc34)cn2)CC1. The average Bonchev–Trinajstić information content (AvgIpc) is 3.27. The van der Waals surface area contributed by atoms with Crippen LogP contribution in [0, 0.1) is 17.6 Å². The number of benzene rings is 1. The van der Waals surface area contributed by atoms with Crippen molar-refractivity contribution in [3.8, 4) is 11.1 Å². The summed E-state index contributed by atoms with van der Waals surface area (Å²) < 4.78 is 54.0. The molecule has 4 aromatic rings. The van der Waals surface area contributed by atoms with Crippen LogP contribution in [0.1, 0.15) is 18.4 Å². The number of hydrogen-bond acceptors (Lipinski definition) is 7. The monoisotopic (exact) mass is 522 g/mol. The summed E-state index contributed by atoms with van der Waals surface area (Å²) in [5, 5.41) is 4.44. The van der Waals surface area contributed by atoms with Crippen LogP contribution in [0.2, 0.25) is 0 Å². The summed E-state index contributed by atoms with van der Waals surface area (Å²) in [6.07, 6.45) is 7.00. The van der Waals surface area contributed by atoms with Crippen LogP contribution in [0.3, 0.4) is 0 Å². The third-order valence-corrected chi connectivity index (χ3v) is 9.62. The molecule has 2 aliphatic heterocycles. The number of anilines is 2. The van der Waals surface area contributed by atoms with E-state index in [-0.39, 0.29) is 23.2 Å². The zero-order valence-electron chi connectivity index (χ0n) is 19.9. The van der Waals surface area contributed by atoms with Crippen molar-refractivity contribution in [2.45, 2.75) is 18.4 Å². The first-order chi connectivity index (χ1) is 17.8. The minimum absolute atomic E-state index is 0.134. The van der Waals surface area contributed by atoms with Crippen molar-refractivity contribution < 1.29 is 17.2 Å². The van der Waals surface area contributed by atoms with Gasteiger partial charge in [0.25, 0.3) is 0 Å². The molecular formula is C26H24F2N6O2S. The molecule has 7 rings (SSSR count). The molecule has 1 aromatic carbocycles. The van der Waals surface area contributed by atoms with Crippen molar-refractivity contribution in [1.29, 1.82) is 0 Å². The van der Waals surface area contributed by atoms with E-state index >= 15 is 0 Å². The van der Waals surface area contributed by atoms with Crippen molar-refractivity contribution in [1.82, 2.24) is 19.6 Å². The molecular weight excluding hydrogens is 498 g/mol. The quantitative estimate of drug-likeness (QED) is 0.406. The van der Waals surface area contributed by atoms with Crippen LogP contribution in [-0.2, 0) is 15.4 Å². The highest BCUT2D eigenvalue weighted by Crippen LogP contribution is 2.63. The molecule has 3 aliphatic rings. The van der Waals surface area contributed by atoms with Crippen LogP contribution in [0.15, 0.2) is 55.0 Å². The first kappa shape index (κ1) is 22.6. The number of sulfone groups is 1. The molecule has 2 saturated heterocycles. The van der Waals surface area contributed by atoms with Crippen molar-refractivity contribution >= 4 is 27.1 Å². The van der Waals surface area contributed by atoms with Crippen molar-refractivity contribution in [3.63, 3.8) is 0 Å². The number of hydrogen-bond donors (Lipinski definition) is 0. The van der Waals surface area contributed by atoms with Crippen molar-refractivity contribution in [2.24, 2.45) is 5.92 Å². The fourth-order valence-electron chi connectivity index (χ4n) is 5.98. The maximum absolute atomic E-state index is 14.8. The first-order valence-electron chi connectivity index (χ1n) is 12.3. The van der Waals surface area contributed by atoms with Crippen molar-refractivity contribution in [2.75, 3.05) is 40.9 Å². The Labute approximate surface area is 212 Å². The molecule has 0 N–H and O–H groups in total. The normalized spacial score (nSPS) is 24.4. The highest BCUT2D eigenvalue weighted by molar-refractivity contribution is 7.91. The van der Waals surface area contributed by atoms with Crippen LogP contribution in [-0.4, -0.2) is 59.1 Å². The number of aromatic nitrogens is 4. The molecule has 1 saturated carbocycles. The smallest absolute Gasteiger partial charge is 0.165 e. The van der Waals surface area contributed by atoms with Gasteiger partial charge in [-0.2, -0.15) is 5.10 Å². The summed E-state index contributed by atoms with van der Waals surface area (Å²) in [6, 6.07) is 9.37. The Balaban J connectivity index is 1.21. The van der Waals surface area contributed by atoms with Gasteiger partial charge in [0.05, 0.1) is 23.2 Å². The molecule has 0 radical (unpaired) electrons. The number of piperidine rings is 1. The van der Waals surface area contributed by atoms with Gasteiger partial charge in [-0.3, -0.25) is 0 Å². The predicted molar refractivity (Wildman–Crippen MR) is 135 cm³/mol. The molecule has 0 unspecified atom stereocenters. The summed E-state index contributed by atoms with van der Waals surface area (Å²) in [5.74, 6) is 1.15. The summed E-state index contributed by atoms with van der Waals surface area (Å²) >= 11 is 0. The molecule has 5 heterocycles. The van der Waals surface area contributed by atoms with Gasteiger partial charge in [-0.25, -0.2) is 31.7 Å². The maximum atomic E-state index is 14.8. The molecule has 190 valence electrons. The van der Waals surface area contributed by atoms with E-state index in [4.69, 9.17) is 4.98 Å². The number of nitrogens with zero attached hydrogens (tertiary/aromatic N) is 6. The third kappa shape index (κ3) is 3.58. The van der Waals surface area contributed by atoms with E-state index in [1.807, 2.05) is 29.3 Å². The Bertz CT molecular complexity index is 1630. The lowest BCUT2D eigenvalue weighted by Crippen LogP contribution is -2.40. The van der Waals surface area contributed by atoms with E-state index in [0.29, 0.717) is 30.1 Å². The van der Waals surface area contributed by atoms with Gasteiger partial charge in [0.15, 0.2) is 15.5 Å². The van der Waals surface area contributed by atoms with Gasteiger partial charge in [-0.05, 0) is 55.2 Å². The highest BCUT2D eigenvalue weighted by atomic mass is 32.2. The summed E-state index contributed by atoms with van der Waals surface area (Å²) in [4.78, 5) is 13.6. The van der Waals surface area contributed by atoms with E-state index in [0.717, 1.165) is 42.4 Å². The molecule has 2 atom stereocenters. The lowest BCUT2D eigenvalue weighted by molar-refractivity contribution is 0.544. The van der Waals surface area contributed by atoms with E-state index in [1.165, 1.54) is 12.1 Å². The Hall–Kier alpha value is -3.60. The van der Waals surface area contributed by atoms with Gasteiger partial charge in [0, 0.05) is 48.7 Å². The Morgan fingerprint density at radius 2 is 1.81 bits per heavy atom. The van der Waals surface area contributed by atoms with Crippen LogP contribution < -0.4 is 9.80 Å². The summed E-state index contributed by atoms with van der Waals surface area (Å²) in [5.41, 5.74) is 2.12. The second-order valence-electron chi connectivity index (χ2n) is 10.0. The molecule has 3 fully saturated rings. The number of fused-ring (bicyclic) bond motifs is 2. The second-order valence-corrected chi connectivity index (χ2v) is 12.3. The Kier molecular flexibility index (Phi) is 4.85. The zero-order valence-corrected chi connectivity index (χ0v) is 20.7. The topological polar surface area (TPSA) is 83.7 Å². The van der Waals surface area contributed by atoms with E-state index in [1.54, 1.807) is 16.9 Å². The first-order valence-corrected chi connectivity index (χ1v) is 14.2. The molecule has 3 aromatic heterocycles. The molecule has 0 spiro atoms. The van der Waals surface area contributed by atoms with Gasteiger partial charge >= 0.3 is 0 Å². The van der Waals surface area contributed by atoms with Crippen molar-refractivity contribution in [3.05, 3.63) is 72.2 Å². The van der Waals surface area contributed by atoms with Gasteiger partial charge in [-0.15, -0.1) is 0 Å². The van der Waals surface area contributed by atoms with E-state index in [9.17, 15) is 17.2 Å². The fourth-order valence-corrected chi connectivity index (χ4v) is 7.18.